The van der Waals surface area contributed by atoms with Crippen LogP contribution in [-0.2, 0) is 16.1 Å². The molecule has 27 heavy (non-hydrogen) atoms. The summed E-state index contributed by atoms with van der Waals surface area (Å²) in [5, 5.41) is 6.00. The Labute approximate surface area is 167 Å². The number of nitrogens with one attached hydrogen (secondary N) is 2. The number of ether oxygens (including phenoxy) is 2. The van der Waals surface area contributed by atoms with Crippen molar-refractivity contribution in [3.63, 3.8) is 0 Å². The van der Waals surface area contributed by atoms with E-state index in [0.717, 1.165) is 16.9 Å². The highest BCUT2D eigenvalue weighted by Crippen LogP contribution is 2.18. The maximum absolute atomic E-state index is 11.9. The van der Waals surface area contributed by atoms with E-state index in [4.69, 9.17) is 9.47 Å². The lowest BCUT2D eigenvalue weighted by molar-refractivity contribution is -0.120. The van der Waals surface area contributed by atoms with Crippen LogP contribution in [0.4, 0.5) is 0 Å². The normalized spacial score (nSPS) is 11.4. The molecule has 0 aliphatic heterocycles. The van der Waals surface area contributed by atoms with Crippen LogP contribution >= 0.6 is 12.4 Å². The largest absolute Gasteiger partial charge is 0.489 e. The zero-order chi connectivity index (χ0) is 18.8. The first kappa shape index (κ1) is 23.0. The van der Waals surface area contributed by atoms with Gasteiger partial charge in [0.1, 0.15) is 12.4 Å². The topological polar surface area (TPSA) is 59.6 Å². The molecule has 148 valence electrons. The lowest BCUT2D eigenvalue weighted by atomic mass is 10.1. The Hall–Kier alpha value is -2.08. The van der Waals surface area contributed by atoms with Gasteiger partial charge in [0.05, 0.1) is 19.2 Å². The van der Waals surface area contributed by atoms with Gasteiger partial charge in [-0.25, -0.2) is 0 Å². The van der Waals surface area contributed by atoms with Crippen LogP contribution in [0.3, 0.4) is 0 Å². The third-order valence-corrected chi connectivity index (χ3v) is 4.01. The maximum Gasteiger partial charge on any atom is 0.234 e. The van der Waals surface area contributed by atoms with Crippen molar-refractivity contribution in [2.45, 2.75) is 26.5 Å². The molecule has 6 heteroatoms. The highest BCUT2D eigenvalue weighted by atomic mass is 35.5. The van der Waals surface area contributed by atoms with Crippen molar-refractivity contribution in [3.8, 4) is 5.75 Å². The first-order valence-corrected chi connectivity index (χ1v) is 8.86. The van der Waals surface area contributed by atoms with Crippen molar-refractivity contribution < 1.29 is 14.3 Å². The van der Waals surface area contributed by atoms with E-state index in [1.807, 2.05) is 37.3 Å². The van der Waals surface area contributed by atoms with E-state index >= 15 is 0 Å². The van der Waals surface area contributed by atoms with Crippen molar-refractivity contribution >= 4 is 18.3 Å². The molecular weight excluding hydrogens is 364 g/mol. The molecule has 2 N–H and O–H groups in total. The van der Waals surface area contributed by atoms with Gasteiger partial charge in [-0.15, -0.1) is 12.4 Å². The first-order valence-electron chi connectivity index (χ1n) is 8.86. The molecule has 0 aliphatic rings. The van der Waals surface area contributed by atoms with Crippen LogP contribution in [0.1, 0.15) is 29.7 Å². The van der Waals surface area contributed by atoms with Crippen molar-refractivity contribution in [3.05, 3.63) is 65.2 Å². The van der Waals surface area contributed by atoms with Crippen LogP contribution in [0.5, 0.6) is 5.75 Å². The van der Waals surface area contributed by atoms with Crippen molar-refractivity contribution in [2.75, 3.05) is 26.8 Å². The molecule has 1 amide bonds. The molecule has 2 rings (SSSR count). The van der Waals surface area contributed by atoms with Crippen LogP contribution in [0, 0.1) is 6.92 Å². The molecule has 1 atom stereocenters. The monoisotopic (exact) mass is 392 g/mol. The highest BCUT2D eigenvalue weighted by molar-refractivity contribution is 5.85. The molecule has 0 aliphatic carbocycles. The number of aryl methyl sites for hydroxylation is 1. The molecule has 0 saturated carbocycles. The Morgan fingerprint density at radius 2 is 1.89 bits per heavy atom. The molecule has 0 heterocycles. The molecule has 2 aromatic carbocycles. The zero-order valence-corrected chi connectivity index (χ0v) is 17.0. The van der Waals surface area contributed by atoms with Gasteiger partial charge in [0.15, 0.2) is 0 Å². The standard InChI is InChI=1S/C21H28N2O3.ClH/c1-16-5-4-6-18(13-16)15-26-20-9-7-19(8-10-20)17(2)23-21(24)14-22-11-12-25-3;/h4-10,13,17,22H,11-12,14-15H2,1-3H3,(H,23,24);1H. The van der Waals surface area contributed by atoms with E-state index in [-0.39, 0.29) is 30.9 Å². The molecule has 0 fully saturated rings. The minimum absolute atomic E-state index is 0. The fourth-order valence-electron chi connectivity index (χ4n) is 2.57. The number of carbonyl (C=O) groups excluding carboxylic acids is 1. The summed E-state index contributed by atoms with van der Waals surface area (Å²) in [6.45, 7) is 6.11. The SMILES string of the molecule is COCCNCC(=O)NC(C)c1ccc(OCc2cccc(C)c2)cc1.Cl. The number of hydrogen-bond donors (Lipinski definition) is 2. The van der Waals surface area contributed by atoms with E-state index in [1.165, 1.54) is 5.56 Å². The Balaban J connectivity index is 0.00000364. The van der Waals surface area contributed by atoms with Crippen LogP contribution in [-0.4, -0.2) is 32.7 Å². The summed E-state index contributed by atoms with van der Waals surface area (Å²) in [6, 6.07) is 16.1. The Morgan fingerprint density at radius 3 is 2.56 bits per heavy atom. The lowest BCUT2D eigenvalue weighted by Gasteiger charge is -2.15. The number of benzene rings is 2. The molecule has 0 spiro atoms. The van der Waals surface area contributed by atoms with Gasteiger partial charge in [-0.1, -0.05) is 42.0 Å². The zero-order valence-electron chi connectivity index (χ0n) is 16.2. The number of amides is 1. The fraction of sp³-hybridized carbons (Fsp3) is 0.381. The molecule has 0 bridgehead atoms. The number of halogens is 1. The smallest absolute Gasteiger partial charge is 0.234 e. The molecule has 5 nitrogen and oxygen atoms in total. The molecule has 0 aromatic heterocycles. The predicted octanol–water partition coefficient (Wildman–Crippen LogP) is 3.41. The van der Waals surface area contributed by atoms with Gasteiger partial charge < -0.3 is 20.1 Å². The number of carbonyl (C=O) groups is 1. The second kappa shape index (κ2) is 12.3. The quantitative estimate of drug-likeness (QED) is 0.608. The van der Waals surface area contributed by atoms with Gasteiger partial charge in [-0.05, 0) is 37.1 Å². The molecular formula is C21H29ClN2O3. The summed E-state index contributed by atoms with van der Waals surface area (Å²) in [5.74, 6) is 0.781. The van der Waals surface area contributed by atoms with Gasteiger partial charge in [0.25, 0.3) is 0 Å². The molecule has 2 aromatic rings. The number of hydrogen-bond acceptors (Lipinski definition) is 4. The number of rotatable bonds is 10. The van der Waals surface area contributed by atoms with Crippen molar-refractivity contribution in [2.24, 2.45) is 0 Å². The van der Waals surface area contributed by atoms with Crippen LogP contribution in [0.2, 0.25) is 0 Å². The minimum Gasteiger partial charge on any atom is -0.489 e. The van der Waals surface area contributed by atoms with Crippen molar-refractivity contribution in [1.29, 1.82) is 0 Å². The average molecular weight is 393 g/mol. The summed E-state index contributed by atoms with van der Waals surface area (Å²) in [6.07, 6.45) is 0. The van der Waals surface area contributed by atoms with Crippen LogP contribution < -0.4 is 15.4 Å². The van der Waals surface area contributed by atoms with Crippen LogP contribution in [0.15, 0.2) is 48.5 Å². The Kier molecular flexibility index (Phi) is 10.5. The van der Waals surface area contributed by atoms with Gasteiger partial charge in [0, 0.05) is 13.7 Å². The highest BCUT2D eigenvalue weighted by Gasteiger charge is 2.09. The summed E-state index contributed by atoms with van der Waals surface area (Å²) in [4.78, 5) is 11.9. The predicted molar refractivity (Wildman–Crippen MR) is 111 cm³/mol. The minimum atomic E-state index is -0.0578. The van der Waals surface area contributed by atoms with E-state index in [0.29, 0.717) is 19.8 Å². The Bertz CT molecular complexity index is 692. The fourth-order valence-corrected chi connectivity index (χ4v) is 2.57. The van der Waals surface area contributed by atoms with E-state index in [1.54, 1.807) is 7.11 Å². The van der Waals surface area contributed by atoms with Gasteiger partial charge >= 0.3 is 0 Å². The number of methoxy groups -OCH3 is 1. The van der Waals surface area contributed by atoms with Gasteiger partial charge in [0.2, 0.25) is 5.91 Å². The third kappa shape index (κ3) is 8.43. The summed E-state index contributed by atoms with van der Waals surface area (Å²) >= 11 is 0. The maximum atomic E-state index is 11.9. The Morgan fingerprint density at radius 1 is 1.15 bits per heavy atom. The molecule has 1 unspecified atom stereocenters. The summed E-state index contributed by atoms with van der Waals surface area (Å²) < 4.78 is 10.8. The van der Waals surface area contributed by atoms with Crippen LogP contribution in [0.25, 0.3) is 0 Å². The third-order valence-electron chi connectivity index (χ3n) is 4.01. The first-order chi connectivity index (χ1) is 12.6. The van der Waals surface area contributed by atoms with Gasteiger partial charge in [-0.3, -0.25) is 4.79 Å². The van der Waals surface area contributed by atoms with E-state index in [2.05, 4.69) is 35.8 Å². The summed E-state index contributed by atoms with van der Waals surface area (Å²) in [7, 11) is 1.64. The summed E-state index contributed by atoms with van der Waals surface area (Å²) in [5.41, 5.74) is 3.41. The second-order valence-corrected chi connectivity index (χ2v) is 6.31. The molecule has 0 saturated heterocycles. The second-order valence-electron chi connectivity index (χ2n) is 6.31. The van der Waals surface area contributed by atoms with Crippen molar-refractivity contribution in [1.82, 2.24) is 10.6 Å². The van der Waals surface area contributed by atoms with E-state index in [9.17, 15) is 4.79 Å². The lowest BCUT2D eigenvalue weighted by Crippen LogP contribution is -2.36. The van der Waals surface area contributed by atoms with Gasteiger partial charge in [-0.2, -0.15) is 0 Å². The molecule has 0 radical (unpaired) electrons. The average Bonchev–Trinajstić information content (AvgIpc) is 2.64. The van der Waals surface area contributed by atoms with E-state index < -0.39 is 0 Å².